The maximum absolute atomic E-state index is 12.5. The molecule has 1 aliphatic rings. The second-order valence-corrected chi connectivity index (χ2v) is 2.89. The topological polar surface area (TPSA) is 29.1 Å². The van der Waals surface area contributed by atoms with Gasteiger partial charge < -0.3 is 5.32 Å². The molecule has 0 fully saturated rings. The molecular formula is C10H8FNO. The van der Waals surface area contributed by atoms with E-state index in [1.807, 2.05) is 0 Å². The van der Waals surface area contributed by atoms with Crippen LogP contribution in [-0.2, 0) is 4.79 Å². The zero-order valence-electron chi connectivity index (χ0n) is 6.88. The fraction of sp³-hybridized carbons (Fsp3) is 0.100. The molecule has 0 aliphatic carbocycles. The fourth-order valence-corrected chi connectivity index (χ4v) is 1.29. The Hall–Kier alpha value is -1.64. The van der Waals surface area contributed by atoms with Gasteiger partial charge in [-0.1, -0.05) is 12.1 Å². The summed E-state index contributed by atoms with van der Waals surface area (Å²) >= 11 is 0. The van der Waals surface area contributed by atoms with Crippen molar-refractivity contribution in [2.24, 2.45) is 0 Å². The van der Waals surface area contributed by atoms with Crippen LogP contribution in [0.1, 0.15) is 5.56 Å². The van der Waals surface area contributed by atoms with Crippen molar-refractivity contribution in [3.8, 4) is 0 Å². The van der Waals surface area contributed by atoms with Crippen LogP contribution < -0.4 is 5.32 Å². The van der Waals surface area contributed by atoms with Gasteiger partial charge in [0.2, 0.25) is 5.91 Å². The summed E-state index contributed by atoms with van der Waals surface area (Å²) in [5, 5.41) is 2.66. The van der Waals surface area contributed by atoms with E-state index in [-0.39, 0.29) is 11.7 Å². The Morgan fingerprint density at radius 2 is 1.92 bits per heavy atom. The Balaban J connectivity index is 2.31. The van der Waals surface area contributed by atoms with Gasteiger partial charge in [0.15, 0.2) is 0 Å². The minimum atomic E-state index is -0.262. The highest BCUT2D eigenvalue weighted by atomic mass is 19.1. The monoisotopic (exact) mass is 177 g/mol. The van der Waals surface area contributed by atoms with Crippen LogP contribution in [0.4, 0.5) is 4.39 Å². The Labute approximate surface area is 75.1 Å². The first-order valence-electron chi connectivity index (χ1n) is 4.00. The molecule has 0 atom stereocenters. The van der Waals surface area contributed by atoms with Crippen LogP contribution in [0.3, 0.4) is 0 Å². The Kier molecular flexibility index (Phi) is 1.85. The minimum Gasteiger partial charge on any atom is -0.348 e. The number of hydrogen-bond donors (Lipinski definition) is 1. The zero-order valence-corrected chi connectivity index (χ0v) is 6.88. The maximum Gasteiger partial charge on any atom is 0.244 e. The molecule has 1 N–H and O–H groups in total. The third kappa shape index (κ3) is 1.59. The van der Waals surface area contributed by atoms with Crippen LogP contribution in [0.25, 0.3) is 5.57 Å². The van der Waals surface area contributed by atoms with E-state index in [0.717, 1.165) is 11.1 Å². The predicted octanol–water partition coefficient (Wildman–Crippen LogP) is 1.34. The molecule has 1 heterocycles. The molecule has 0 saturated carbocycles. The van der Waals surface area contributed by atoms with Gasteiger partial charge in [0.05, 0.1) is 0 Å². The van der Waals surface area contributed by atoms with E-state index in [0.29, 0.717) is 6.54 Å². The molecule has 2 rings (SSSR count). The third-order valence-corrected chi connectivity index (χ3v) is 1.97. The van der Waals surface area contributed by atoms with Crippen LogP contribution in [0.2, 0.25) is 0 Å². The van der Waals surface area contributed by atoms with E-state index in [1.54, 1.807) is 12.1 Å². The molecule has 3 heteroatoms. The first-order chi connectivity index (χ1) is 6.25. The molecule has 1 aliphatic heterocycles. The number of benzene rings is 1. The van der Waals surface area contributed by atoms with Crippen molar-refractivity contribution in [3.63, 3.8) is 0 Å². The number of rotatable bonds is 1. The van der Waals surface area contributed by atoms with Gasteiger partial charge in [-0.2, -0.15) is 0 Å². The SMILES string of the molecule is O=C1C=C(c2ccc(F)cc2)CN1. The molecule has 1 amide bonds. The van der Waals surface area contributed by atoms with Crippen LogP contribution in [0, 0.1) is 5.82 Å². The summed E-state index contributed by atoms with van der Waals surface area (Å²) in [6.45, 7) is 0.532. The molecule has 0 spiro atoms. The summed E-state index contributed by atoms with van der Waals surface area (Å²) in [7, 11) is 0. The highest BCUT2D eigenvalue weighted by Crippen LogP contribution is 2.16. The molecule has 13 heavy (non-hydrogen) atoms. The zero-order chi connectivity index (χ0) is 9.26. The van der Waals surface area contributed by atoms with Crippen LogP contribution in [0.15, 0.2) is 30.3 Å². The van der Waals surface area contributed by atoms with Gasteiger partial charge in [0, 0.05) is 12.6 Å². The van der Waals surface area contributed by atoms with Crippen molar-refractivity contribution < 1.29 is 9.18 Å². The number of halogens is 1. The Morgan fingerprint density at radius 3 is 2.46 bits per heavy atom. The average molecular weight is 177 g/mol. The lowest BCUT2D eigenvalue weighted by Crippen LogP contribution is -2.14. The molecule has 0 unspecified atom stereocenters. The van der Waals surface area contributed by atoms with Crippen molar-refractivity contribution in [1.29, 1.82) is 0 Å². The van der Waals surface area contributed by atoms with Gasteiger partial charge in [-0.3, -0.25) is 4.79 Å². The number of hydrogen-bond acceptors (Lipinski definition) is 1. The molecule has 0 bridgehead atoms. The summed E-state index contributed by atoms with van der Waals surface area (Å²) in [6, 6.07) is 6.11. The van der Waals surface area contributed by atoms with Crippen LogP contribution >= 0.6 is 0 Å². The Morgan fingerprint density at radius 1 is 1.23 bits per heavy atom. The first-order valence-corrected chi connectivity index (χ1v) is 4.00. The van der Waals surface area contributed by atoms with Gasteiger partial charge in [-0.25, -0.2) is 4.39 Å². The van der Waals surface area contributed by atoms with E-state index in [2.05, 4.69) is 5.32 Å². The molecular weight excluding hydrogens is 169 g/mol. The van der Waals surface area contributed by atoms with E-state index >= 15 is 0 Å². The largest absolute Gasteiger partial charge is 0.348 e. The van der Waals surface area contributed by atoms with Crippen LogP contribution in [0.5, 0.6) is 0 Å². The van der Waals surface area contributed by atoms with Crippen molar-refractivity contribution in [2.45, 2.75) is 0 Å². The summed E-state index contributed by atoms with van der Waals surface area (Å²) in [6.07, 6.45) is 1.53. The molecule has 2 nitrogen and oxygen atoms in total. The summed E-state index contributed by atoms with van der Waals surface area (Å²) in [4.78, 5) is 10.8. The lowest BCUT2D eigenvalue weighted by molar-refractivity contribution is -0.115. The van der Waals surface area contributed by atoms with Crippen LogP contribution in [-0.4, -0.2) is 12.5 Å². The molecule has 0 radical (unpaired) electrons. The minimum absolute atomic E-state index is 0.0840. The standard InChI is InChI=1S/C10H8FNO/c11-9-3-1-7(2-4-9)8-5-10(13)12-6-8/h1-5H,6H2,(H,12,13). The number of amides is 1. The highest BCUT2D eigenvalue weighted by Gasteiger charge is 2.11. The normalized spacial score (nSPS) is 15.5. The van der Waals surface area contributed by atoms with Gasteiger partial charge in [-0.15, -0.1) is 0 Å². The second-order valence-electron chi connectivity index (χ2n) is 2.89. The summed E-state index contributed by atoms with van der Waals surface area (Å²) in [5.41, 5.74) is 1.80. The molecule has 1 aromatic rings. The lowest BCUT2D eigenvalue weighted by atomic mass is 10.1. The number of carbonyl (C=O) groups is 1. The van der Waals surface area contributed by atoms with Gasteiger partial charge in [-0.05, 0) is 23.3 Å². The number of carbonyl (C=O) groups excluding carboxylic acids is 1. The molecule has 0 aromatic heterocycles. The average Bonchev–Trinajstić information content (AvgIpc) is 2.53. The van der Waals surface area contributed by atoms with Gasteiger partial charge >= 0.3 is 0 Å². The predicted molar refractivity (Wildman–Crippen MR) is 47.4 cm³/mol. The molecule has 1 aromatic carbocycles. The quantitative estimate of drug-likeness (QED) is 0.689. The van der Waals surface area contributed by atoms with Gasteiger partial charge in [0.25, 0.3) is 0 Å². The van der Waals surface area contributed by atoms with Crippen molar-refractivity contribution in [2.75, 3.05) is 6.54 Å². The first kappa shape index (κ1) is 7.98. The maximum atomic E-state index is 12.5. The smallest absolute Gasteiger partial charge is 0.244 e. The number of nitrogens with one attached hydrogen (secondary N) is 1. The summed E-state index contributed by atoms with van der Waals surface area (Å²) < 4.78 is 12.5. The van der Waals surface area contributed by atoms with E-state index < -0.39 is 0 Å². The fourth-order valence-electron chi connectivity index (χ4n) is 1.29. The molecule has 0 saturated heterocycles. The van der Waals surface area contributed by atoms with Crippen molar-refractivity contribution >= 4 is 11.5 Å². The second kappa shape index (κ2) is 3.01. The molecule has 66 valence electrons. The lowest BCUT2D eigenvalue weighted by Gasteiger charge is -1.99. The van der Waals surface area contributed by atoms with Crippen molar-refractivity contribution in [1.82, 2.24) is 5.32 Å². The highest BCUT2D eigenvalue weighted by molar-refractivity contribution is 6.00. The Bertz CT molecular complexity index is 367. The van der Waals surface area contributed by atoms with Gasteiger partial charge in [0.1, 0.15) is 5.82 Å². The van der Waals surface area contributed by atoms with E-state index in [9.17, 15) is 9.18 Å². The van der Waals surface area contributed by atoms with E-state index in [1.165, 1.54) is 18.2 Å². The van der Waals surface area contributed by atoms with E-state index in [4.69, 9.17) is 0 Å². The summed E-state index contributed by atoms with van der Waals surface area (Å²) in [5.74, 6) is -0.346. The third-order valence-electron chi connectivity index (χ3n) is 1.97. The van der Waals surface area contributed by atoms with Crippen molar-refractivity contribution in [3.05, 3.63) is 41.7 Å².